The number of rotatable bonds is 12. The summed E-state index contributed by atoms with van der Waals surface area (Å²) in [7, 11) is 7.65. The molecule has 65 heavy (non-hydrogen) atoms. The van der Waals surface area contributed by atoms with Gasteiger partial charge in [0.15, 0.2) is 11.7 Å². The average Bonchev–Trinajstić information content (AvgIpc) is 3.45. The Morgan fingerprint density at radius 2 is 1.54 bits per heavy atom. The number of carbonyl (C=O) groups is 5. The lowest BCUT2D eigenvalue weighted by Gasteiger charge is -2.38. The third-order valence-corrected chi connectivity index (χ3v) is 12.9. The number of para-hydroxylation sites is 1. The topological polar surface area (TPSA) is 170 Å². The Labute approximate surface area is 383 Å². The number of nitrogens with one attached hydrogen (secondary N) is 1. The molecule has 1 atom stereocenters. The summed E-state index contributed by atoms with van der Waals surface area (Å²) in [6.45, 7) is 11.2. The van der Waals surface area contributed by atoms with E-state index in [1.807, 2.05) is 68.2 Å². The molecule has 17 heteroatoms. The molecule has 1 aromatic heterocycles. The third-order valence-electron chi connectivity index (χ3n) is 12.9. The van der Waals surface area contributed by atoms with Gasteiger partial charge in [-0.05, 0) is 101 Å². The molecule has 3 saturated heterocycles. The van der Waals surface area contributed by atoms with Gasteiger partial charge in [-0.1, -0.05) is 38.6 Å². The van der Waals surface area contributed by atoms with E-state index in [2.05, 4.69) is 22.0 Å². The Hall–Kier alpha value is -5.42. The van der Waals surface area contributed by atoms with Crippen molar-refractivity contribution in [2.45, 2.75) is 91.2 Å². The van der Waals surface area contributed by atoms with Gasteiger partial charge in [0.25, 0.3) is 5.91 Å². The van der Waals surface area contributed by atoms with Gasteiger partial charge in [-0.3, -0.25) is 19.0 Å². The maximum atomic E-state index is 13.7. The zero-order chi connectivity index (χ0) is 45.9. The number of aryl methyl sites for hydroxylation is 2. The molecule has 4 aliphatic rings. The number of likely N-dealkylation sites (N-methyl/N-ethyl adjacent to an activating group) is 1. The smallest absolute Gasteiger partial charge is 0.419 e. The van der Waals surface area contributed by atoms with Crippen molar-refractivity contribution in [2.75, 3.05) is 98.5 Å². The number of ether oxygens (including phenoxy) is 2. The molecule has 358 valence electrons. The molecule has 0 radical (unpaired) electrons. The zero-order valence-electron chi connectivity index (χ0n) is 38.6. The van der Waals surface area contributed by atoms with Crippen molar-refractivity contribution in [3.05, 3.63) is 63.6 Å². The maximum Gasteiger partial charge on any atom is 0.419 e. The van der Waals surface area contributed by atoms with Gasteiger partial charge in [0, 0.05) is 97.1 Å². The number of likely N-dealkylation sites (tertiary alicyclic amines) is 2. The average molecular weight is 905 g/mol. The SMILES string of the molecule is C.CC1CCN(C(=O)CCC(=O)OCCCN(C)C)CC1.Cc1cc(C[C@@H](OC(=O)N2CCC(N3CCc4ccccc4NC3=O)CC2)C(=O)N2CCN(C)CC2)cc2oc(=O)n(C)c12. The standard InChI is InChI=1S/C32H40N6O6.C15H28N2O3.CH4/c1-21-18-22(19-26-28(21)35(3)31(41)43-26)20-27(29(39)36-16-14-34(2)15-17-36)44-32(42)37-11-9-24(10-12-37)38-13-8-23-6-4-5-7-25(23)33-30(38)40;1-13-7-10-17(11-8-13)14(18)5-6-15(19)20-12-4-9-16(2)3;/h4-7,18-19,24,27H,8-17,20H2,1-3H3,(H,33,40);13H,4-12H2,1-3H3;1H4/t27-;;/m1../s1. The monoisotopic (exact) mass is 905 g/mol. The fourth-order valence-corrected chi connectivity index (χ4v) is 8.88. The number of fused-ring (bicyclic) bond motifs is 2. The van der Waals surface area contributed by atoms with Gasteiger partial charge < -0.3 is 48.6 Å². The second-order valence-electron chi connectivity index (χ2n) is 18.1. The Morgan fingerprint density at radius 1 is 0.862 bits per heavy atom. The summed E-state index contributed by atoms with van der Waals surface area (Å²) < 4.78 is 18.0. The van der Waals surface area contributed by atoms with E-state index in [0.717, 1.165) is 80.8 Å². The van der Waals surface area contributed by atoms with Gasteiger partial charge in [-0.15, -0.1) is 0 Å². The molecule has 0 spiro atoms. The number of esters is 1. The highest BCUT2D eigenvalue weighted by molar-refractivity contribution is 5.91. The van der Waals surface area contributed by atoms with E-state index in [0.29, 0.717) is 69.2 Å². The number of anilines is 1. The number of hydrogen-bond donors (Lipinski definition) is 1. The Morgan fingerprint density at radius 3 is 2.23 bits per heavy atom. The van der Waals surface area contributed by atoms with E-state index in [-0.39, 0.29) is 56.5 Å². The first kappa shape index (κ1) is 50.6. The fourth-order valence-electron chi connectivity index (χ4n) is 8.88. The number of oxazole rings is 1. The number of aromatic nitrogens is 1. The van der Waals surface area contributed by atoms with E-state index in [1.165, 1.54) is 4.57 Å². The van der Waals surface area contributed by atoms with Crippen LogP contribution < -0.4 is 11.1 Å². The summed E-state index contributed by atoms with van der Waals surface area (Å²) in [5.74, 6) is -0.151. The molecule has 4 aliphatic heterocycles. The first-order chi connectivity index (χ1) is 30.7. The highest BCUT2D eigenvalue weighted by Crippen LogP contribution is 2.26. The molecule has 2 aromatic carbocycles. The lowest BCUT2D eigenvalue weighted by atomic mass is 9.99. The van der Waals surface area contributed by atoms with Crippen molar-refractivity contribution >= 4 is 46.7 Å². The highest BCUT2D eigenvalue weighted by atomic mass is 16.6. The molecular weight excluding hydrogens is 833 g/mol. The summed E-state index contributed by atoms with van der Waals surface area (Å²) in [5.41, 5.74) is 4.68. The second kappa shape index (κ2) is 23.7. The minimum absolute atomic E-state index is 0. The van der Waals surface area contributed by atoms with Crippen molar-refractivity contribution < 1.29 is 37.9 Å². The van der Waals surface area contributed by atoms with Gasteiger partial charge in [0.1, 0.15) is 0 Å². The zero-order valence-corrected chi connectivity index (χ0v) is 38.6. The van der Waals surface area contributed by atoms with E-state index in [1.54, 1.807) is 22.9 Å². The Kier molecular flexibility index (Phi) is 18.4. The van der Waals surface area contributed by atoms with Crippen LogP contribution in [-0.4, -0.2) is 169 Å². The minimum Gasteiger partial charge on any atom is -0.466 e. The van der Waals surface area contributed by atoms with Crippen LogP contribution in [0.2, 0.25) is 0 Å². The van der Waals surface area contributed by atoms with Gasteiger partial charge in [-0.2, -0.15) is 0 Å². The predicted molar refractivity (Wildman–Crippen MR) is 250 cm³/mol. The van der Waals surface area contributed by atoms with E-state index >= 15 is 0 Å². The van der Waals surface area contributed by atoms with E-state index in [4.69, 9.17) is 13.9 Å². The molecule has 0 aliphatic carbocycles. The predicted octanol–water partition coefficient (Wildman–Crippen LogP) is 4.97. The largest absolute Gasteiger partial charge is 0.466 e. The minimum atomic E-state index is -1.02. The van der Waals surface area contributed by atoms with E-state index < -0.39 is 18.0 Å². The number of benzene rings is 2. The van der Waals surface area contributed by atoms with Crippen LogP contribution >= 0.6 is 0 Å². The van der Waals surface area contributed by atoms with Gasteiger partial charge >= 0.3 is 23.8 Å². The summed E-state index contributed by atoms with van der Waals surface area (Å²) in [6.07, 6.45) is 4.07. The summed E-state index contributed by atoms with van der Waals surface area (Å²) in [4.78, 5) is 87.2. The van der Waals surface area contributed by atoms with Crippen LogP contribution in [0.25, 0.3) is 11.1 Å². The van der Waals surface area contributed by atoms with Crippen LogP contribution in [0.3, 0.4) is 0 Å². The molecular formula is C48H72N8O9. The van der Waals surface area contributed by atoms with Gasteiger partial charge in [0.2, 0.25) is 5.91 Å². The van der Waals surface area contributed by atoms with Crippen molar-refractivity contribution in [3.63, 3.8) is 0 Å². The normalized spacial score (nSPS) is 17.9. The first-order valence-electron chi connectivity index (χ1n) is 22.9. The maximum absolute atomic E-state index is 13.7. The summed E-state index contributed by atoms with van der Waals surface area (Å²) >= 11 is 0. The van der Waals surface area contributed by atoms with Gasteiger partial charge in [-0.25, -0.2) is 14.4 Å². The molecule has 1 N–H and O–H groups in total. The van der Waals surface area contributed by atoms with Crippen molar-refractivity contribution in [1.29, 1.82) is 0 Å². The number of nitrogens with zero attached hydrogens (tertiary/aromatic N) is 7. The van der Waals surface area contributed by atoms with Crippen LogP contribution in [0, 0.1) is 12.8 Å². The summed E-state index contributed by atoms with van der Waals surface area (Å²) in [5, 5.41) is 3.03. The number of hydrogen-bond acceptors (Lipinski definition) is 11. The van der Waals surface area contributed by atoms with Crippen molar-refractivity contribution in [2.24, 2.45) is 13.0 Å². The van der Waals surface area contributed by atoms with Gasteiger partial charge in [0.05, 0.1) is 18.5 Å². The molecule has 3 fully saturated rings. The fraction of sp³-hybridized carbons (Fsp3) is 0.625. The lowest BCUT2D eigenvalue weighted by Crippen LogP contribution is -2.53. The quantitative estimate of drug-likeness (QED) is 0.192. The Balaban J connectivity index is 0.000000319. The van der Waals surface area contributed by atoms with Crippen molar-refractivity contribution in [3.8, 4) is 0 Å². The van der Waals surface area contributed by atoms with Crippen LogP contribution in [-0.2, 0) is 43.7 Å². The molecule has 0 bridgehead atoms. The lowest BCUT2D eigenvalue weighted by molar-refractivity contribution is -0.146. The number of piperidine rings is 2. The number of carbonyl (C=O) groups excluding carboxylic acids is 5. The molecule has 17 nitrogen and oxygen atoms in total. The molecule has 0 unspecified atom stereocenters. The number of amides is 5. The molecule has 5 amide bonds. The third kappa shape index (κ3) is 13.8. The van der Waals surface area contributed by atoms with Crippen LogP contribution in [0.15, 0.2) is 45.6 Å². The van der Waals surface area contributed by atoms with E-state index in [9.17, 15) is 28.8 Å². The molecule has 7 rings (SSSR count). The molecule has 0 saturated carbocycles. The van der Waals surface area contributed by atoms with Crippen LogP contribution in [0.5, 0.6) is 0 Å². The first-order valence-corrected chi connectivity index (χ1v) is 22.9. The van der Waals surface area contributed by atoms with Crippen LogP contribution in [0.4, 0.5) is 15.3 Å². The summed E-state index contributed by atoms with van der Waals surface area (Å²) in [6, 6.07) is 11.4. The molecule has 3 aromatic rings. The number of piperazine rings is 1. The van der Waals surface area contributed by atoms with Crippen molar-refractivity contribution in [1.82, 2.24) is 34.0 Å². The number of urea groups is 1. The second-order valence-corrected chi connectivity index (χ2v) is 18.1. The van der Waals surface area contributed by atoms with Crippen LogP contribution in [0.1, 0.15) is 76.0 Å². The Bertz CT molecular complexity index is 2150. The highest BCUT2D eigenvalue weighted by Gasteiger charge is 2.35. The molecule has 5 heterocycles.